The maximum absolute atomic E-state index is 13.7. The van der Waals surface area contributed by atoms with Crippen LogP contribution in [0.4, 0.5) is 10.1 Å². The molecule has 0 spiro atoms. The Bertz CT molecular complexity index is 719. The molecule has 23 heavy (non-hydrogen) atoms. The summed E-state index contributed by atoms with van der Waals surface area (Å²) in [4.78, 5) is 4.48. The molecule has 2 aromatic rings. The quantitative estimate of drug-likeness (QED) is 0.833. The fraction of sp³-hybridized carbons (Fsp3) is 0.235. The summed E-state index contributed by atoms with van der Waals surface area (Å²) in [6.07, 6.45) is 0. The van der Waals surface area contributed by atoms with Crippen LogP contribution in [0.1, 0.15) is 5.56 Å². The van der Waals surface area contributed by atoms with Gasteiger partial charge in [0.25, 0.3) is 0 Å². The molecule has 0 saturated heterocycles. The number of guanidine groups is 1. The van der Waals surface area contributed by atoms with Crippen molar-refractivity contribution < 1.29 is 13.9 Å². The Morgan fingerprint density at radius 2 is 2.09 bits per heavy atom. The largest absolute Gasteiger partial charge is 0.493 e. The van der Waals surface area contributed by atoms with Gasteiger partial charge in [-0.05, 0) is 23.8 Å². The second kappa shape index (κ2) is 7.00. The number of halogens is 1. The minimum Gasteiger partial charge on any atom is -0.493 e. The van der Waals surface area contributed by atoms with Crippen LogP contribution in [0.3, 0.4) is 0 Å². The van der Waals surface area contributed by atoms with Crippen LogP contribution in [0, 0.1) is 5.82 Å². The Morgan fingerprint density at radius 3 is 2.96 bits per heavy atom. The number of ether oxygens (including phenoxy) is 2. The molecule has 0 saturated carbocycles. The van der Waals surface area contributed by atoms with Crippen LogP contribution >= 0.6 is 0 Å². The van der Waals surface area contributed by atoms with Crippen LogP contribution < -0.4 is 20.1 Å². The summed E-state index contributed by atoms with van der Waals surface area (Å²) in [5, 5.41) is 6.33. The Morgan fingerprint density at radius 1 is 1.22 bits per heavy atom. The minimum atomic E-state index is -0.439. The van der Waals surface area contributed by atoms with E-state index in [0.717, 1.165) is 17.8 Å². The molecule has 0 atom stereocenters. The van der Waals surface area contributed by atoms with E-state index in [0.29, 0.717) is 24.9 Å². The van der Waals surface area contributed by atoms with Crippen LogP contribution in [0.15, 0.2) is 47.5 Å². The molecule has 2 aromatic carbocycles. The SMILES string of the molecule is COc1cccc(F)c1OCCNC1=Nc2ccccc2CN1. The molecule has 1 aliphatic rings. The zero-order chi connectivity index (χ0) is 16.1. The van der Waals surface area contributed by atoms with E-state index in [1.165, 1.54) is 13.2 Å². The lowest BCUT2D eigenvalue weighted by molar-refractivity contribution is 0.283. The number of para-hydroxylation sites is 2. The maximum Gasteiger partial charge on any atom is 0.197 e. The normalized spacial score (nSPS) is 12.7. The number of nitrogens with one attached hydrogen (secondary N) is 2. The summed E-state index contributed by atoms with van der Waals surface area (Å²) >= 11 is 0. The van der Waals surface area contributed by atoms with E-state index in [1.54, 1.807) is 12.1 Å². The number of fused-ring (bicyclic) bond motifs is 1. The highest BCUT2D eigenvalue weighted by Gasteiger charge is 2.12. The van der Waals surface area contributed by atoms with E-state index < -0.39 is 5.82 Å². The van der Waals surface area contributed by atoms with Gasteiger partial charge in [-0.25, -0.2) is 9.38 Å². The molecule has 5 nitrogen and oxygen atoms in total. The Labute approximate surface area is 134 Å². The number of hydrogen-bond acceptors (Lipinski definition) is 5. The van der Waals surface area contributed by atoms with Crippen molar-refractivity contribution in [2.45, 2.75) is 6.54 Å². The lowest BCUT2D eigenvalue weighted by Crippen LogP contribution is -2.40. The van der Waals surface area contributed by atoms with Gasteiger partial charge in [0.05, 0.1) is 19.3 Å². The summed E-state index contributed by atoms with van der Waals surface area (Å²) in [5.74, 6) is 0.756. The van der Waals surface area contributed by atoms with Gasteiger partial charge in [-0.3, -0.25) is 0 Å². The van der Waals surface area contributed by atoms with Gasteiger partial charge in [-0.2, -0.15) is 0 Å². The van der Waals surface area contributed by atoms with Gasteiger partial charge in [0.1, 0.15) is 6.61 Å². The summed E-state index contributed by atoms with van der Waals surface area (Å²) in [6, 6.07) is 12.5. The average Bonchev–Trinajstić information content (AvgIpc) is 2.59. The molecule has 120 valence electrons. The highest BCUT2D eigenvalue weighted by Crippen LogP contribution is 2.29. The average molecular weight is 315 g/mol. The van der Waals surface area contributed by atoms with E-state index >= 15 is 0 Å². The molecule has 0 unspecified atom stereocenters. The van der Waals surface area contributed by atoms with Crippen molar-refractivity contribution >= 4 is 11.6 Å². The molecule has 6 heteroatoms. The van der Waals surface area contributed by atoms with Crippen LogP contribution in [0.25, 0.3) is 0 Å². The number of nitrogens with zero attached hydrogens (tertiary/aromatic N) is 1. The topological polar surface area (TPSA) is 54.9 Å². The molecule has 0 fully saturated rings. The highest BCUT2D eigenvalue weighted by atomic mass is 19.1. The maximum atomic E-state index is 13.7. The van der Waals surface area contributed by atoms with Crippen molar-refractivity contribution in [3.8, 4) is 11.5 Å². The third kappa shape index (κ3) is 3.53. The molecule has 0 bridgehead atoms. The summed E-state index contributed by atoms with van der Waals surface area (Å²) in [6.45, 7) is 1.51. The second-order valence-electron chi connectivity index (χ2n) is 4.99. The highest BCUT2D eigenvalue weighted by molar-refractivity contribution is 5.84. The molecule has 1 aliphatic heterocycles. The van der Waals surface area contributed by atoms with E-state index in [2.05, 4.69) is 15.6 Å². The van der Waals surface area contributed by atoms with Gasteiger partial charge >= 0.3 is 0 Å². The molecule has 0 aliphatic carbocycles. The zero-order valence-corrected chi connectivity index (χ0v) is 12.8. The predicted molar refractivity (Wildman–Crippen MR) is 86.8 cm³/mol. The van der Waals surface area contributed by atoms with Crippen molar-refractivity contribution in [3.05, 3.63) is 53.8 Å². The molecule has 0 radical (unpaired) electrons. The lowest BCUT2D eigenvalue weighted by Gasteiger charge is -2.18. The van der Waals surface area contributed by atoms with Gasteiger partial charge in [-0.1, -0.05) is 24.3 Å². The fourth-order valence-corrected chi connectivity index (χ4v) is 2.32. The summed E-state index contributed by atoms with van der Waals surface area (Å²) in [5.41, 5.74) is 2.11. The first kappa shape index (κ1) is 15.1. The Kier molecular flexibility index (Phi) is 4.61. The van der Waals surface area contributed by atoms with Crippen molar-refractivity contribution in [2.75, 3.05) is 20.3 Å². The van der Waals surface area contributed by atoms with E-state index in [9.17, 15) is 4.39 Å². The molecule has 2 N–H and O–H groups in total. The number of benzene rings is 2. The zero-order valence-electron chi connectivity index (χ0n) is 12.8. The molecular formula is C17H18FN3O2. The number of aliphatic imine (C=N–C) groups is 1. The summed E-state index contributed by atoms with van der Waals surface area (Å²) < 4.78 is 24.3. The lowest BCUT2D eigenvalue weighted by atomic mass is 10.1. The fourth-order valence-electron chi connectivity index (χ4n) is 2.32. The van der Waals surface area contributed by atoms with Crippen molar-refractivity contribution in [2.24, 2.45) is 4.99 Å². The van der Waals surface area contributed by atoms with E-state index in [-0.39, 0.29) is 5.75 Å². The molecule has 0 aromatic heterocycles. The third-order valence-corrected chi connectivity index (χ3v) is 3.46. The first-order chi connectivity index (χ1) is 11.3. The Hall–Kier alpha value is -2.76. The third-order valence-electron chi connectivity index (χ3n) is 3.46. The van der Waals surface area contributed by atoms with E-state index in [4.69, 9.17) is 9.47 Å². The van der Waals surface area contributed by atoms with Crippen LogP contribution in [-0.2, 0) is 6.54 Å². The monoisotopic (exact) mass is 315 g/mol. The van der Waals surface area contributed by atoms with Gasteiger partial charge in [-0.15, -0.1) is 0 Å². The Balaban J connectivity index is 1.54. The smallest absolute Gasteiger partial charge is 0.197 e. The van der Waals surface area contributed by atoms with Gasteiger partial charge in [0.2, 0.25) is 0 Å². The standard InChI is InChI=1S/C17H18FN3O2/c1-22-15-8-4-6-13(18)16(15)23-10-9-19-17-20-11-12-5-2-3-7-14(12)21-17/h2-8H,9-11H2,1H3,(H2,19,20,21). The molecule has 0 amide bonds. The molecule has 3 rings (SSSR count). The summed E-state index contributed by atoms with van der Waals surface area (Å²) in [7, 11) is 1.48. The molecule has 1 heterocycles. The van der Waals surface area contributed by atoms with Crippen LogP contribution in [-0.4, -0.2) is 26.2 Å². The van der Waals surface area contributed by atoms with Crippen LogP contribution in [0.2, 0.25) is 0 Å². The molecular weight excluding hydrogens is 297 g/mol. The van der Waals surface area contributed by atoms with Gasteiger partial charge in [0.15, 0.2) is 23.3 Å². The first-order valence-corrected chi connectivity index (χ1v) is 7.37. The number of methoxy groups -OCH3 is 1. The predicted octanol–water partition coefficient (Wildman–Crippen LogP) is 2.59. The second-order valence-corrected chi connectivity index (χ2v) is 4.99. The van der Waals surface area contributed by atoms with Crippen molar-refractivity contribution in [1.29, 1.82) is 0 Å². The minimum absolute atomic E-state index is 0.126. The van der Waals surface area contributed by atoms with E-state index in [1.807, 2.05) is 24.3 Å². The first-order valence-electron chi connectivity index (χ1n) is 7.37. The van der Waals surface area contributed by atoms with Crippen molar-refractivity contribution in [3.63, 3.8) is 0 Å². The van der Waals surface area contributed by atoms with Gasteiger partial charge in [0, 0.05) is 6.54 Å². The van der Waals surface area contributed by atoms with Gasteiger partial charge < -0.3 is 20.1 Å². The van der Waals surface area contributed by atoms with Crippen LogP contribution in [0.5, 0.6) is 11.5 Å². The number of rotatable bonds is 5. The number of hydrogen-bond donors (Lipinski definition) is 2. The van der Waals surface area contributed by atoms with Crippen molar-refractivity contribution in [1.82, 2.24) is 10.6 Å².